The first kappa shape index (κ1) is 14.6. The van der Waals surface area contributed by atoms with E-state index in [0.29, 0.717) is 11.4 Å². The SMILES string of the molecule is Nc1ccc(/C=C/C(=O)Nc2cc(Br)cnc2Cl)cc1. The number of anilines is 2. The van der Waals surface area contributed by atoms with Crippen molar-refractivity contribution >= 4 is 50.9 Å². The summed E-state index contributed by atoms with van der Waals surface area (Å²) in [4.78, 5) is 15.7. The summed E-state index contributed by atoms with van der Waals surface area (Å²) in [6.45, 7) is 0. The third kappa shape index (κ3) is 4.08. The second-order valence-corrected chi connectivity index (χ2v) is 5.25. The van der Waals surface area contributed by atoms with Crippen LogP contribution in [0.1, 0.15) is 5.56 Å². The van der Waals surface area contributed by atoms with Crippen LogP contribution in [-0.4, -0.2) is 10.9 Å². The first-order valence-electron chi connectivity index (χ1n) is 5.70. The van der Waals surface area contributed by atoms with Gasteiger partial charge in [-0.25, -0.2) is 4.98 Å². The number of benzene rings is 1. The Bertz CT molecular complexity index is 656. The van der Waals surface area contributed by atoms with Crippen LogP contribution in [0.4, 0.5) is 11.4 Å². The van der Waals surface area contributed by atoms with Crippen molar-refractivity contribution in [3.63, 3.8) is 0 Å². The Morgan fingerprint density at radius 3 is 2.75 bits per heavy atom. The van der Waals surface area contributed by atoms with E-state index in [1.165, 1.54) is 6.08 Å². The van der Waals surface area contributed by atoms with E-state index in [9.17, 15) is 4.79 Å². The molecule has 0 spiro atoms. The van der Waals surface area contributed by atoms with E-state index in [1.807, 2.05) is 12.1 Å². The van der Waals surface area contributed by atoms with Gasteiger partial charge in [-0.1, -0.05) is 23.7 Å². The van der Waals surface area contributed by atoms with Crippen LogP contribution in [0.25, 0.3) is 6.08 Å². The summed E-state index contributed by atoms with van der Waals surface area (Å²) in [5.74, 6) is -0.288. The molecule has 2 aromatic rings. The van der Waals surface area contributed by atoms with Gasteiger partial charge in [-0.3, -0.25) is 4.79 Å². The highest BCUT2D eigenvalue weighted by Gasteiger charge is 2.05. The van der Waals surface area contributed by atoms with Gasteiger partial charge in [0.1, 0.15) is 0 Å². The number of nitrogens with two attached hydrogens (primary N) is 1. The molecule has 1 heterocycles. The lowest BCUT2D eigenvalue weighted by atomic mass is 10.2. The van der Waals surface area contributed by atoms with Crippen LogP contribution in [0.3, 0.4) is 0 Å². The molecule has 102 valence electrons. The van der Waals surface area contributed by atoms with Gasteiger partial charge in [0.25, 0.3) is 0 Å². The number of nitrogen functional groups attached to an aromatic ring is 1. The minimum Gasteiger partial charge on any atom is -0.399 e. The fourth-order valence-corrected chi connectivity index (χ4v) is 1.95. The maximum atomic E-state index is 11.8. The minimum atomic E-state index is -0.288. The van der Waals surface area contributed by atoms with Crippen LogP contribution in [0, 0.1) is 0 Å². The molecule has 0 aliphatic heterocycles. The largest absolute Gasteiger partial charge is 0.399 e. The summed E-state index contributed by atoms with van der Waals surface area (Å²) in [6.07, 6.45) is 4.67. The first-order chi connectivity index (χ1) is 9.54. The number of halogens is 2. The first-order valence-corrected chi connectivity index (χ1v) is 6.87. The van der Waals surface area contributed by atoms with Crippen molar-refractivity contribution in [2.75, 3.05) is 11.1 Å². The maximum absolute atomic E-state index is 11.8. The Balaban J connectivity index is 2.05. The molecule has 1 amide bonds. The maximum Gasteiger partial charge on any atom is 0.248 e. The summed E-state index contributed by atoms with van der Waals surface area (Å²) in [5, 5.41) is 2.90. The zero-order valence-corrected chi connectivity index (χ0v) is 12.6. The highest BCUT2D eigenvalue weighted by atomic mass is 79.9. The average molecular weight is 353 g/mol. The molecule has 0 radical (unpaired) electrons. The topological polar surface area (TPSA) is 68.0 Å². The number of hydrogen-bond acceptors (Lipinski definition) is 3. The Hall–Kier alpha value is -1.85. The monoisotopic (exact) mass is 351 g/mol. The molecular weight excluding hydrogens is 342 g/mol. The average Bonchev–Trinajstić information content (AvgIpc) is 2.42. The van der Waals surface area contributed by atoms with Gasteiger partial charge in [-0.05, 0) is 45.8 Å². The lowest BCUT2D eigenvalue weighted by molar-refractivity contribution is -0.111. The van der Waals surface area contributed by atoms with Gasteiger partial charge in [0.2, 0.25) is 5.91 Å². The molecule has 20 heavy (non-hydrogen) atoms. The molecule has 0 unspecified atom stereocenters. The fourth-order valence-electron chi connectivity index (χ4n) is 1.46. The Kier molecular flexibility index (Phi) is 4.76. The van der Waals surface area contributed by atoms with Gasteiger partial charge in [0.05, 0.1) is 5.69 Å². The lowest BCUT2D eigenvalue weighted by Crippen LogP contribution is -2.08. The molecule has 0 aliphatic rings. The van der Waals surface area contributed by atoms with Crippen molar-refractivity contribution < 1.29 is 4.79 Å². The molecule has 3 N–H and O–H groups in total. The Morgan fingerprint density at radius 1 is 1.35 bits per heavy atom. The van der Waals surface area contributed by atoms with E-state index in [4.69, 9.17) is 17.3 Å². The van der Waals surface area contributed by atoms with Crippen LogP contribution in [0.5, 0.6) is 0 Å². The van der Waals surface area contributed by atoms with Crippen LogP contribution in [0.2, 0.25) is 5.15 Å². The van der Waals surface area contributed by atoms with E-state index >= 15 is 0 Å². The number of rotatable bonds is 3. The predicted molar refractivity (Wildman–Crippen MR) is 85.5 cm³/mol. The highest BCUT2D eigenvalue weighted by Crippen LogP contribution is 2.22. The smallest absolute Gasteiger partial charge is 0.248 e. The summed E-state index contributed by atoms with van der Waals surface area (Å²) < 4.78 is 0.736. The van der Waals surface area contributed by atoms with E-state index in [2.05, 4.69) is 26.2 Å². The number of nitrogens with one attached hydrogen (secondary N) is 1. The summed E-state index contributed by atoms with van der Waals surface area (Å²) in [5.41, 5.74) is 7.60. The van der Waals surface area contributed by atoms with Gasteiger partial charge < -0.3 is 11.1 Å². The van der Waals surface area contributed by atoms with Crippen LogP contribution in [0.15, 0.2) is 47.1 Å². The molecule has 6 heteroatoms. The molecule has 1 aromatic heterocycles. The molecule has 0 saturated heterocycles. The second-order valence-electron chi connectivity index (χ2n) is 3.98. The molecule has 4 nitrogen and oxygen atoms in total. The van der Waals surface area contributed by atoms with Crippen molar-refractivity contribution in [1.29, 1.82) is 0 Å². The quantitative estimate of drug-likeness (QED) is 0.502. The summed E-state index contributed by atoms with van der Waals surface area (Å²) in [6, 6.07) is 8.88. The summed E-state index contributed by atoms with van der Waals surface area (Å²) >= 11 is 9.16. The predicted octanol–water partition coefficient (Wildman–Crippen LogP) is 3.73. The third-order valence-corrected chi connectivity index (χ3v) is 3.16. The van der Waals surface area contributed by atoms with Crippen molar-refractivity contribution in [3.05, 3.63) is 57.8 Å². The van der Waals surface area contributed by atoms with Crippen LogP contribution < -0.4 is 11.1 Å². The molecule has 2 rings (SSSR count). The number of aromatic nitrogens is 1. The molecule has 0 saturated carbocycles. The highest BCUT2D eigenvalue weighted by molar-refractivity contribution is 9.10. The number of carbonyl (C=O) groups excluding carboxylic acids is 1. The third-order valence-electron chi connectivity index (χ3n) is 2.43. The number of hydrogen-bond donors (Lipinski definition) is 2. The van der Waals surface area contributed by atoms with Crippen molar-refractivity contribution in [2.24, 2.45) is 0 Å². The fraction of sp³-hybridized carbons (Fsp3) is 0. The van der Waals surface area contributed by atoms with Gasteiger partial charge in [-0.2, -0.15) is 0 Å². The van der Waals surface area contributed by atoms with E-state index in [-0.39, 0.29) is 11.1 Å². The van der Waals surface area contributed by atoms with Gasteiger partial charge in [0.15, 0.2) is 5.15 Å². The van der Waals surface area contributed by atoms with Crippen molar-refractivity contribution in [2.45, 2.75) is 0 Å². The van der Waals surface area contributed by atoms with E-state index in [0.717, 1.165) is 10.0 Å². The van der Waals surface area contributed by atoms with Crippen molar-refractivity contribution in [3.8, 4) is 0 Å². The number of amides is 1. The van der Waals surface area contributed by atoms with E-state index in [1.54, 1.807) is 30.5 Å². The molecule has 0 bridgehead atoms. The Morgan fingerprint density at radius 2 is 2.05 bits per heavy atom. The standard InChI is InChI=1S/C14H11BrClN3O/c15-10-7-12(14(16)18-8-10)19-13(20)6-3-9-1-4-11(17)5-2-9/h1-8H,17H2,(H,19,20)/b6-3+. The zero-order chi connectivity index (χ0) is 14.5. The normalized spacial score (nSPS) is 10.7. The molecule has 1 aromatic carbocycles. The van der Waals surface area contributed by atoms with Crippen molar-refractivity contribution in [1.82, 2.24) is 4.98 Å². The van der Waals surface area contributed by atoms with Crippen LogP contribution >= 0.6 is 27.5 Å². The number of nitrogens with zero attached hydrogens (tertiary/aromatic N) is 1. The molecule has 0 aliphatic carbocycles. The van der Waals surface area contributed by atoms with E-state index < -0.39 is 0 Å². The molecular formula is C14H11BrClN3O. The molecule has 0 atom stereocenters. The summed E-state index contributed by atoms with van der Waals surface area (Å²) in [7, 11) is 0. The van der Waals surface area contributed by atoms with Crippen LogP contribution in [-0.2, 0) is 4.79 Å². The minimum absolute atomic E-state index is 0.238. The van der Waals surface area contributed by atoms with Gasteiger partial charge in [0, 0.05) is 22.4 Å². The number of pyridine rings is 1. The second kappa shape index (κ2) is 6.54. The zero-order valence-electron chi connectivity index (χ0n) is 10.3. The van der Waals surface area contributed by atoms with Gasteiger partial charge in [-0.15, -0.1) is 0 Å². The molecule has 0 fully saturated rings. The van der Waals surface area contributed by atoms with Gasteiger partial charge >= 0.3 is 0 Å². The Labute approximate surface area is 129 Å². The lowest BCUT2D eigenvalue weighted by Gasteiger charge is -2.04. The number of carbonyl (C=O) groups is 1.